The number of rotatable bonds is 5. The number of aliphatic hydroxyl groups is 1. The average molecular weight is 309 g/mol. The molecule has 23 heavy (non-hydrogen) atoms. The van der Waals surface area contributed by atoms with Gasteiger partial charge in [-0.1, -0.05) is 18.2 Å². The van der Waals surface area contributed by atoms with Gasteiger partial charge in [0.2, 0.25) is 0 Å². The van der Waals surface area contributed by atoms with E-state index in [9.17, 15) is 0 Å². The van der Waals surface area contributed by atoms with Crippen LogP contribution >= 0.6 is 0 Å². The number of ether oxygens (including phenoxy) is 1. The summed E-state index contributed by atoms with van der Waals surface area (Å²) in [5.41, 5.74) is 4.27. The summed E-state index contributed by atoms with van der Waals surface area (Å²) in [6.45, 7) is 4.62. The molecular formula is C18H19N3O2. The monoisotopic (exact) mass is 309 g/mol. The smallest absolute Gasteiger partial charge is 0.153 e. The molecule has 3 aromatic rings. The summed E-state index contributed by atoms with van der Waals surface area (Å²) in [6, 6.07) is 11.7. The number of aliphatic hydroxyl groups excluding tert-OH is 1. The number of aromatic nitrogens is 3. The molecule has 0 saturated heterocycles. The van der Waals surface area contributed by atoms with E-state index in [2.05, 4.69) is 42.1 Å². The van der Waals surface area contributed by atoms with E-state index in [4.69, 9.17) is 9.84 Å². The van der Waals surface area contributed by atoms with Gasteiger partial charge in [-0.2, -0.15) is 5.10 Å². The van der Waals surface area contributed by atoms with Crippen LogP contribution in [0.5, 0.6) is 5.75 Å². The molecule has 0 aliphatic carbocycles. The largest absolute Gasteiger partial charge is 0.487 e. The second-order valence-electron chi connectivity index (χ2n) is 5.42. The molecule has 118 valence electrons. The van der Waals surface area contributed by atoms with Gasteiger partial charge < -0.3 is 9.84 Å². The number of nitrogens with zero attached hydrogens (tertiary/aromatic N) is 3. The third-order valence-electron chi connectivity index (χ3n) is 3.79. The Morgan fingerprint density at radius 2 is 1.87 bits per heavy atom. The summed E-state index contributed by atoms with van der Waals surface area (Å²) in [7, 11) is 0. The van der Waals surface area contributed by atoms with Crippen molar-refractivity contribution in [3.63, 3.8) is 0 Å². The number of pyridine rings is 1. The first-order valence-corrected chi connectivity index (χ1v) is 7.47. The standard InChI is InChI=1S/C18H19N3O2/c1-13-4-3-5-14(2)17(13)12-23-16-6-7-18(19-10-16)21-9-8-15(11-22)20-21/h3-10,22H,11-12H2,1-2H3. The molecule has 0 aliphatic rings. The molecule has 1 aromatic carbocycles. The lowest BCUT2D eigenvalue weighted by Gasteiger charge is -2.11. The maximum atomic E-state index is 9.05. The van der Waals surface area contributed by atoms with E-state index >= 15 is 0 Å². The molecule has 2 aromatic heterocycles. The second-order valence-corrected chi connectivity index (χ2v) is 5.42. The normalized spacial score (nSPS) is 10.7. The molecule has 0 bridgehead atoms. The Hall–Kier alpha value is -2.66. The van der Waals surface area contributed by atoms with Crippen molar-refractivity contribution in [3.05, 3.63) is 71.2 Å². The molecule has 5 nitrogen and oxygen atoms in total. The van der Waals surface area contributed by atoms with Crippen molar-refractivity contribution in [3.8, 4) is 11.6 Å². The van der Waals surface area contributed by atoms with E-state index in [1.165, 1.54) is 16.7 Å². The van der Waals surface area contributed by atoms with Crippen LogP contribution in [-0.4, -0.2) is 19.9 Å². The van der Waals surface area contributed by atoms with E-state index in [1.54, 1.807) is 23.1 Å². The number of aryl methyl sites for hydroxylation is 2. The summed E-state index contributed by atoms with van der Waals surface area (Å²) < 4.78 is 7.46. The zero-order chi connectivity index (χ0) is 16.2. The van der Waals surface area contributed by atoms with Crippen molar-refractivity contribution >= 4 is 0 Å². The fraction of sp³-hybridized carbons (Fsp3) is 0.222. The lowest BCUT2D eigenvalue weighted by molar-refractivity contribution is 0.276. The minimum atomic E-state index is -0.0794. The Bertz CT molecular complexity index is 774. The third kappa shape index (κ3) is 3.40. The van der Waals surface area contributed by atoms with Crippen LogP contribution in [0.4, 0.5) is 0 Å². The van der Waals surface area contributed by atoms with Gasteiger partial charge in [0.15, 0.2) is 5.82 Å². The lowest BCUT2D eigenvalue weighted by Crippen LogP contribution is -2.02. The first kappa shape index (κ1) is 15.2. The maximum Gasteiger partial charge on any atom is 0.153 e. The Balaban J connectivity index is 1.70. The van der Waals surface area contributed by atoms with Crippen molar-refractivity contribution in [2.24, 2.45) is 0 Å². The Kier molecular flexibility index (Phi) is 4.39. The number of hydrogen-bond acceptors (Lipinski definition) is 4. The Labute approximate surface area is 135 Å². The van der Waals surface area contributed by atoms with Crippen LogP contribution in [0.15, 0.2) is 48.8 Å². The highest BCUT2D eigenvalue weighted by atomic mass is 16.5. The summed E-state index contributed by atoms with van der Waals surface area (Å²) in [5, 5.41) is 13.3. The average Bonchev–Trinajstić information content (AvgIpc) is 3.04. The van der Waals surface area contributed by atoms with Crippen molar-refractivity contribution in [1.29, 1.82) is 0 Å². The van der Waals surface area contributed by atoms with Crippen LogP contribution < -0.4 is 4.74 Å². The maximum absolute atomic E-state index is 9.05. The van der Waals surface area contributed by atoms with Crippen molar-refractivity contribution in [2.45, 2.75) is 27.1 Å². The minimum absolute atomic E-state index is 0.0794. The highest BCUT2D eigenvalue weighted by Crippen LogP contribution is 2.18. The predicted molar refractivity (Wildman–Crippen MR) is 87.5 cm³/mol. The summed E-state index contributed by atoms with van der Waals surface area (Å²) in [6.07, 6.45) is 3.45. The van der Waals surface area contributed by atoms with Gasteiger partial charge >= 0.3 is 0 Å². The van der Waals surface area contributed by atoms with Crippen molar-refractivity contribution < 1.29 is 9.84 Å². The highest BCUT2D eigenvalue weighted by molar-refractivity contribution is 5.34. The Morgan fingerprint density at radius 1 is 1.09 bits per heavy atom. The van der Waals surface area contributed by atoms with Crippen LogP contribution in [0.1, 0.15) is 22.4 Å². The van der Waals surface area contributed by atoms with Gasteiger partial charge in [-0.25, -0.2) is 9.67 Å². The van der Waals surface area contributed by atoms with E-state index in [-0.39, 0.29) is 6.61 Å². The molecular weight excluding hydrogens is 290 g/mol. The van der Waals surface area contributed by atoms with Crippen LogP contribution in [-0.2, 0) is 13.2 Å². The predicted octanol–water partition coefficient (Wildman–Crippen LogP) is 2.96. The van der Waals surface area contributed by atoms with Crippen molar-refractivity contribution in [1.82, 2.24) is 14.8 Å². The van der Waals surface area contributed by atoms with E-state index in [1.807, 2.05) is 12.1 Å². The molecule has 0 aliphatic heterocycles. The molecule has 2 heterocycles. The van der Waals surface area contributed by atoms with E-state index < -0.39 is 0 Å². The summed E-state index contributed by atoms with van der Waals surface area (Å²) in [4.78, 5) is 4.35. The minimum Gasteiger partial charge on any atom is -0.487 e. The van der Waals surface area contributed by atoms with E-state index in [0.29, 0.717) is 23.9 Å². The fourth-order valence-corrected chi connectivity index (χ4v) is 2.40. The number of hydrogen-bond donors (Lipinski definition) is 1. The quantitative estimate of drug-likeness (QED) is 0.787. The van der Waals surface area contributed by atoms with Gasteiger partial charge in [0.25, 0.3) is 0 Å². The zero-order valence-corrected chi connectivity index (χ0v) is 13.2. The molecule has 0 atom stereocenters. The molecule has 1 N–H and O–H groups in total. The topological polar surface area (TPSA) is 60.2 Å². The van der Waals surface area contributed by atoms with Crippen LogP contribution in [0.2, 0.25) is 0 Å². The molecule has 0 fully saturated rings. The lowest BCUT2D eigenvalue weighted by atomic mass is 10.0. The van der Waals surface area contributed by atoms with Gasteiger partial charge in [0.1, 0.15) is 12.4 Å². The molecule has 0 saturated carbocycles. The van der Waals surface area contributed by atoms with Gasteiger partial charge in [-0.3, -0.25) is 0 Å². The highest BCUT2D eigenvalue weighted by Gasteiger charge is 2.05. The van der Waals surface area contributed by atoms with Gasteiger partial charge in [-0.05, 0) is 48.7 Å². The third-order valence-corrected chi connectivity index (χ3v) is 3.79. The SMILES string of the molecule is Cc1cccc(C)c1COc1ccc(-n2ccc(CO)n2)nc1. The molecule has 5 heteroatoms. The van der Waals surface area contributed by atoms with Crippen LogP contribution in [0.3, 0.4) is 0 Å². The summed E-state index contributed by atoms with van der Waals surface area (Å²) in [5.74, 6) is 1.40. The molecule has 3 rings (SSSR count). The zero-order valence-electron chi connectivity index (χ0n) is 13.2. The summed E-state index contributed by atoms with van der Waals surface area (Å²) >= 11 is 0. The van der Waals surface area contributed by atoms with Crippen LogP contribution in [0, 0.1) is 13.8 Å². The fourth-order valence-electron chi connectivity index (χ4n) is 2.40. The molecule has 0 spiro atoms. The first-order valence-electron chi connectivity index (χ1n) is 7.47. The van der Waals surface area contributed by atoms with E-state index in [0.717, 1.165) is 0 Å². The Morgan fingerprint density at radius 3 is 2.48 bits per heavy atom. The molecule has 0 amide bonds. The van der Waals surface area contributed by atoms with Gasteiger partial charge in [0, 0.05) is 6.20 Å². The first-order chi connectivity index (χ1) is 11.2. The number of benzene rings is 1. The second kappa shape index (κ2) is 6.62. The molecule has 0 radical (unpaired) electrons. The van der Waals surface area contributed by atoms with Crippen LogP contribution in [0.25, 0.3) is 5.82 Å². The molecule has 0 unspecified atom stereocenters. The van der Waals surface area contributed by atoms with Gasteiger partial charge in [0.05, 0.1) is 18.5 Å². The van der Waals surface area contributed by atoms with Crippen molar-refractivity contribution in [2.75, 3.05) is 0 Å². The van der Waals surface area contributed by atoms with Gasteiger partial charge in [-0.15, -0.1) is 0 Å².